The van der Waals surface area contributed by atoms with E-state index in [4.69, 9.17) is 21.4 Å². The fraction of sp³-hybridized carbons (Fsp3) is 0.312. The third kappa shape index (κ3) is 5.65. The Hall–Kier alpha value is -2.23. The molecule has 1 heterocycles. The van der Waals surface area contributed by atoms with Crippen molar-refractivity contribution in [1.29, 1.82) is 0 Å². The molecule has 0 saturated carbocycles. The van der Waals surface area contributed by atoms with Crippen LogP contribution in [0.3, 0.4) is 0 Å². The first-order valence-electron chi connectivity index (χ1n) is 7.60. The van der Waals surface area contributed by atoms with E-state index >= 15 is 0 Å². The molecule has 0 aliphatic carbocycles. The highest BCUT2D eigenvalue weighted by molar-refractivity contribution is 6.33. The average Bonchev–Trinajstić information content (AvgIpc) is 2.57. The normalized spacial score (nSPS) is 11.4. The van der Waals surface area contributed by atoms with E-state index in [1.54, 1.807) is 12.1 Å². The average molecular weight is 392 g/mol. The van der Waals surface area contributed by atoms with Crippen LogP contribution in [0.1, 0.15) is 5.56 Å². The van der Waals surface area contributed by atoms with E-state index in [0.29, 0.717) is 31.1 Å². The Bertz CT molecular complexity index is 796. The largest absolute Gasteiger partial charge is 0.417 e. The summed E-state index contributed by atoms with van der Waals surface area (Å²) in [4.78, 5) is 11.8. The Morgan fingerprint density at radius 3 is 2.62 bits per heavy atom. The Kier molecular flexibility index (Phi) is 6.90. The standard InChI is InChI=1S/C16H17ClF3N3O3/c17-13-9-12(21-5-7-26-8-6-24)2-3-14(13)22-23-10-11(16(18,19)20)1-4-15(23)25/h1-4,9-10,21-22,24H,5-8H2. The lowest BCUT2D eigenvalue weighted by atomic mass is 10.2. The molecular formula is C16H17ClF3N3O3. The molecule has 0 aliphatic heterocycles. The van der Waals surface area contributed by atoms with Crippen LogP contribution in [0, 0.1) is 0 Å². The molecule has 1 aromatic carbocycles. The maximum absolute atomic E-state index is 12.8. The van der Waals surface area contributed by atoms with Crippen LogP contribution in [0.25, 0.3) is 0 Å². The number of aliphatic hydroxyl groups excluding tert-OH is 1. The van der Waals surface area contributed by atoms with E-state index in [9.17, 15) is 18.0 Å². The molecule has 0 aliphatic rings. The molecule has 3 N–H and O–H groups in total. The molecule has 0 bridgehead atoms. The summed E-state index contributed by atoms with van der Waals surface area (Å²) in [7, 11) is 0. The molecule has 0 atom stereocenters. The lowest BCUT2D eigenvalue weighted by Gasteiger charge is -2.14. The lowest BCUT2D eigenvalue weighted by molar-refractivity contribution is -0.138. The number of halogens is 4. The van der Waals surface area contributed by atoms with Gasteiger partial charge in [-0.05, 0) is 24.3 Å². The summed E-state index contributed by atoms with van der Waals surface area (Å²) in [5, 5.41) is 11.9. The second kappa shape index (κ2) is 8.93. The summed E-state index contributed by atoms with van der Waals surface area (Å²) in [6, 6.07) is 6.29. The minimum absolute atomic E-state index is 0.0545. The van der Waals surface area contributed by atoms with Crippen LogP contribution in [0.2, 0.25) is 5.02 Å². The minimum Gasteiger partial charge on any atom is -0.394 e. The summed E-state index contributed by atoms with van der Waals surface area (Å²) >= 11 is 6.12. The van der Waals surface area contributed by atoms with E-state index in [0.717, 1.165) is 10.7 Å². The zero-order valence-electron chi connectivity index (χ0n) is 13.5. The van der Waals surface area contributed by atoms with Gasteiger partial charge in [-0.1, -0.05) is 11.6 Å². The number of benzene rings is 1. The van der Waals surface area contributed by atoms with Crippen molar-refractivity contribution < 1.29 is 23.0 Å². The fourth-order valence-corrected chi connectivity index (χ4v) is 2.24. The van der Waals surface area contributed by atoms with Gasteiger partial charge in [0.2, 0.25) is 0 Å². The SMILES string of the molecule is O=c1ccc(C(F)(F)F)cn1Nc1ccc(NCCOCCO)cc1Cl. The molecular weight excluding hydrogens is 375 g/mol. The number of nitrogens with one attached hydrogen (secondary N) is 2. The number of anilines is 2. The van der Waals surface area contributed by atoms with Crippen LogP contribution in [0.15, 0.2) is 41.3 Å². The molecule has 0 saturated heterocycles. The van der Waals surface area contributed by atoms with Gasteiger partial charge in [-0.2, -0.15) is 13.2 Å². The van der Waals surface area contributed by atoms with E-state index in [1.165, 1.54) is 6.07 Å². The van der Waals surface area contributed by atoms with Gasteiger partial charge >= 0.3 is 6.18 Å². The molecule has 0 unspecified atom stereocenters. The number of pyridine rings is 1. The highest BCUT2D eigenvalue weighted by atomic mass is 35.5. The summed E-state index contributed by atoms with van der Waals surface area (Å²) in [6.07, 6.45) is -3.89. The second-order valence-corrected chi connectivity index (χ2v) is 5.60. The van der Waals surface area contributed by atoms with Crippen molar-refractivity contribution >= 4 is 23.0 Å². The first kappa shape index (κ1) is 20.1. The summed E-state index contributed by atoms with van der Waals surface area (Å²) < 4.78 is 44.1. The fourth-order valence-electron chi connectivity index (χ4n) is 2.02. The van der Waals surface area contributed by atoms with Gasteiger partial charge in [-0.25, -0.2) is 4.68 Å². The maximum Gasteiger partial charge on any atom is 0.417 e. The van der Waals surface area contributed by atoms with E-state index in [2.05, 4.69) is 10.7 Å². The number of hydrogen-bond acceptors (Lipinski definition) is 5. The summed E-state index contributed by atoms with van der Waals surface area (Å²) in [5.74, 6) is 0. The summed E-state index contributed by atoms with van der Waals surface area (Å²) in [6.45, 7) is 1.06. The molecule has 142 valence electrons. The minimum atomic E-state index is -4.56. The molecule has 0 radical (unpaired) electrons. The number of rotatable bonds is 8. The van der Waals surface area contributed by atoms with Crippen LogP contribution in [0.5, 0.6) is 0 Å². The first-order valence-corrected chi connectivity index (χ1v) is 7.98. The predicted molar refractivity (Wildman–Crippen MR) is 92.6 cm³/mol. The number of alkyl halides is 3. The third-order valence-corrected chi connectivity index (χ3v) is 3.57. The van der Waals surface area contributed by atoms with Crippen LogP contribution < -0.4 is 16.3 Å². The van der Waals surface area contributed by atoms with Crippen LogP contribution in [-0.2, 0) is 10.9 Å². The van der Waals surface area contributed by atoms with Gasteiger partial charge in [0.15, 0.2) is 0 Å². The van der Waals surface area contributed by atoms with Gasteiger partial charge in [0.05, 0.1) is 36.1 Å². The first-order chi connectivity index (χ1) is 12.3. The van der Waals surface area contributed by atoms with Gasteiger partial charge in [-0.3, -0.25) is 10.2 Å². The van der Waals surface area contributed by atoms with Crippen molar-refractivity contribution in [3.63, 3.8) is 0 Å². The van der Waals surface area contributed by atoms with Crippen LogP contribution >= 0.6 is 11.6 Å². The Labute approximate surface area is 152 Å². The van der Waals surface area contributed by atoms with Crippen molar-refractivity contribution in [2.45, 2.75) is 6.18 Å². The Balaban J connectivity index is 2.07. The zero-order chi connectivity index (χ0) is 19.2. The highest BCUT2D eigenvalue weighted by Gasteiger charge is 2.31. The zero-order valence-corrected chi connectivity index (χ0v) is 14.3. The van der Waals surface area contributed by atoms with Crippen molar-refractivity contribution in [2.24, 2.45) is 0 Å². The van der Waals surface area contributed by atoms with Gasteiger partial charge in [0, 0.05) is 24.5 Å². The quantitative estimate of drug-likeness (QED) is 0.603. The number of nitrogens with zero attached hydrogens (tertiary/aromatic N) is 1. The monoisotopic (exact) mass is 391 g/mol. The lowest BCUT2D eigenvalue weighted by Crippen LogP contribution is -2.27. The molecule has 6 nitrogen and oxygen atoms in total. The van der Waals surface area contributed by atoms with Gasteiger partial charge < -0.3 is 15.2 Å². The molecule has 0 spiro atoms. The van der Waals surface area contributed by atoms with Crippen molar-refractivity contribution in [2.75, 3.05) is 37.1 Å². The topological polar surface area (TPSA) is 75.5 Å². The van der Waals surface area contributed by atoms with Crippen LogP contribution in [0.4, 0.5) is 24.5 Å². The Morgan fingerprint density at radius 2 is 1.96 bits per heavy atom. The summed E-state index contributed by atoms with van der Waals surface area (Å²) in [5.41, 5.74) is 1.89. The van der Waals surface area contributed by atoms with Crippen molar-refractivity contribution in [1.82, 2.24) is 4.68 Å². The van der Waals surface area contributed by atoms with Crippen molar-refractivity contribution in [3.05, 3.63) is 57.5 Å². The number of aliphatic hydroxyl groups is 1. The number of aromatic nitrogens is 1. The maximum atomic E-state index is 12.8. The molecule has 26 heavy (non-hydrogen) atoms. The van der Waals surface area contributed by atoms with E-state index < -0.39 is 17.3 Å². The predicted octanol–water partition coefficient (Wildman–Crippen LogP) is 2.82. The molecule has 2 aromatic rings. The van der Waals surface area contributed by atoms with Gasteiger partial charge in [0.25, 0.3) is 5.56 Å². The van der Waals surface area contributed by atoms with E-state index in [-0.39, 0.29) is 23.9 Å². The number of ether oxygens (including phenoxy) is 1. The van der Waals surface area contributed by atoms with Gasteiger partial charge in [-0.15, -0.1) is 0 Å². The molecule has 10 heteroatoms. The number of hydrogen-bond donors (Lipinski definition) is 3. The second-order valence-electron chi connectivity index (χ2n) is 5.19. The molecule has 0 fully saturated rings. The van der Waals surface area contributed by atoms with E-state index in [1.807, 2.05) is 0 Å². The molecule has 2 rings (SSSR count). The van der Waals surface area contributed by atoms with Crippen LogP contribution in [-0.4, -0.2) is 36.1 Å². The Morgan fingerprint density at radius 1 is 1.19 bits per heavy atom. The third-order valence-electron chi connectivity index (χ3n) is 3.26. The van der Waals surface area contributed by atoms with Crippen molar-refractivity contribution in [3.8, 4) is 0 Å². The van der Waals surface area contributed by atoms with Gasteiger partial charge in [0.1, 0.15) is 0 Å². The smallest absolute Gasteiger partial charge is 0.394 e. The molecule has 1 aromatic heterocycles. The molecule has 0 amide bonds. The highest BCUT2D eigenvalue weighted by Crippen LogP contribution is 2.29.